The molecule has 4 atom stereocenters. The quantitative estimate of drug-likeness (QED) is 0.443. The van der Waals surface area contributed by atoms with Crippen molar-refractivity contribution < 1.29 is 24.5 Å². The molecule has 166 valence electrons. The van der Waals surface area contributed by atoms with Crippen LogP contribution in [0.3, 0.4) is 0 Å². The number of hydrogen-bond acceptors (Lipinski definition) is 10. The van der Waals surface area contributed by atoms with Crippen LogP contribution in [0.2, 0.25) is 0 Å². The number of carbonyl (C=O) groups is 1. The van der Waals surface area contributed by atoms with Gasteiger partial charge in [-0.05, 0) is 38.1 Å². The average molecular weight is 431 g/mol. The lowest BCUT2D eigenvalue weighted by molar-refractivity contribution is -0.0659. The topological polar surface area (TPSA) is 171 Å². The minimum absolute atomic E-state index is 0.184. The number of alkyl carbamates (subject to hydrolysis) is 1. The van der Waals surface area contributed by atoms with Gasteiger partial charge in [0.15, 0.2) is 5.82 Å². The fraction of sp³-hybridized carbons (Fsp3) is 0.579. The van der Waals surface area contributed by atoms with Crippen molar-refractivity contribution in [2.75, 3.05) is 38.5 Å². The zero-order valence-electron chi connectivity index (χ0n) is 16.8. The van der Waals surface area contributed by atoms with Crippen LogP contribution in [0.4, 0.5) is 10.6 Å². The van der Waals surface area contributed by atoms with Gasteiger partial charge in [0, 0.05) is 13.1 Å². The Morgan fingerprint density at radius 1 is 1.42 bits per heavy atom. The molecule has 0 saturated carbocycles. The zero-order valence-corrected chi connectivity index (χ0v) is 16.8. The molecule has 31 heavy (non-hydrogen) atoms. The third-order valence-electron chi connectivity index (χ3n) is 5.76. The van der Waals surface area contributed by atoms with Gasteiger partial charge in [-0.3, -0.25) is 0 Å². The predicted octanol–water partition coefficient (Wildman–Crippen LogP) is -1.03. The number of nitrogens with one attached hydrogen (secondary N) is 1. The molecule has 2 aromatic rings. The van der Waals surface area contributed by atoms with Gasteiger partial charge in [0.25, 0.3) is 0 Å². The van der Waals surface area contributed by atoms with Gasteiger partial charge in [0.2, 0.25) is 5.60 Å². The highest BCUT2D eigenvalue weighted by molar-refractivity contribution is 5.67. The van der Waals surface area contributed by atoms with E-state index in [0.717, 1.165) is 19.6 Å². The second-order valence-electron chi connectivity index (χ2n) is 7.67. The summed E-state index contributed by atoms with van der Waals surface area (Å²) in [5.74, 6) is 0.188. The maximum Gasteiger partial charge on any atom is 0.407 e. The van der Waals surface area contributed by atoms with Crippen LogP contribution in [0.25, 0.3) is 5.52 Å². The number of rotatable bonds is 6. The number of amides is 1. The average Bonchev–Trinajstić information content (AvgIpc) is 3.48. The third-order valence-corrected chi connectivity index (χ3v) is 5.76. The second kappa shape index (κ2) is 8.64. The molecule has 0 bridgehead atoms. The Bertz CT molecular complexity index is 986. The fourth-order valence-electron chi connectivity index (χ4n) is 4.08. The molecule has 2 aliphatic rings. The number of aliphatic hydroxyl groups is 2. The molecule has 2 fully saturated rings. The molecule has 12 heteroatoms. The number of aromatic nitrogens is 3. The largest absolute Gasteiger partial charge is 0.447 e. The van der Waals surface area contributed by atoms with Crippen molar-refractivity contribution in [1.29, 1.82) is 5.26 Å². The van der Waals surface area contributed by atoms with E-state index in [1.807, 2.05) is 6.07 Å². The van der Waals surface area contributed by atoms with E-state index in [-0.39, 0.29) is 18.1 Å². The van der Waals surface area contributed by atoms with Crippen molar-refractivity contribution in [3.8, 4) is 6.07 Å². The van der Waals surface area contributed by atoms with Gasteiger partial charge in [-0.1, -0.05) is 0 Å². The fourth-order valence-corrected chi connectivity index (χ4v) is 4.08. The van der Waals surface area contributed by atoms with E-state index in [1.165, 1.54) is 29.8 Å². The van der Waals surface area contributed by atoms with Crippen molar-refractivity contribution in [1.82, 2.24) is 24.8 Å². The van der Waals surface area contributed by atoms with Crippen LogP contribution < -0.4 is 11.1 Å². The molecule has 0 unspecified atom stereocenters. The minimum atomic E-state index is -1.92. The summed E-state index contributed by atoms with van der Waals surface area (Å²) in [6.45, 7) is 2.89. The molecular weight excluding hydrogens is 406 g/mol. The van der Waals surface area contributed by atoms with Crippen molar-refractivity contribution in [2.45, 2.75) is 36.8 Å². The lowest BCUT2D eigenvalue weighted by Crippen LogP contribution is -2.41. The van der Waals surface area contributed by atoms with E-state index in [1.54, 1.807) is 6.07 Å². The highest BCUT2D eigenvalue weighted by Crippen LogP contribution is 2.40. The molecule has 0 aliphatic carbocycles. The highest BCUT2D eigenvalue weighted by atomic mass is 16.6. The Morgan fingerprint density at radius 3 is 2.94 bits per heavy atom. The highest BCUT2D eigenvalue weighted by Gasteiger charge is 2.57. The molecule has 4 heterocycles. The Balaban J connectivity index is 1.41. The minimum Gasteiger partial charge on any atom is -0.447 e. The normalized spacial score (nSPS) is 28.6. The maximum atomic E-state index is 12.0. The first-order valence-electron chi connectivity index (χ1n) is 10.1. The molecular formula is C19H25N7O5. The molecule has 0 radical (unpaired) electrons. The molecule has 12 nitrogen and oxygen atoms in total. The van der Waals surface area contributed by atoms with Gasteiger partial charge in [-0.25, -0.2) is 14.3 Å². The van der Waals surface area contributed by atoms with E-state index in [9.17, 15) is 20.3 Å². The summed E-state index contributed by atoms with van der Waals surface area (Å²) in [5, 5.41) is 37.7. The molecule has 2 aromatic heterocycles. The van der Waals surface area contributed by atoms with Crippen molar-refractivity contribution >= 4 is 17.4 Å². The van der Waals surface area contributed by atoms with Crippen molar-refractivity contribution in [3.63, 3.8) is 0 Å². The van der Waals surface area contributed by atoms with Gasteiger partial charge in [-0.2, -0.15) is 10.4 Å². The number of likely N-dealkylation sites (tertiary alicyclic amines) is 1. The second-order valence-corrected chi connectivity index (χ2v) is 7.67. The van der Waals surface area contributed by atoms with E-state index in [4.69, 9.17) is 15.2 Å². The molecule has 4 rings (SSSR count). The first kappa shape index (κ1) is 21.3. The van der Waals surface area contributed by atoms with Gasteiger partial charge in [0.1, 0.15) is 42.8 Å². The predicted molar refractivity (Wildman–Crippen MR) is 107 cm³/mol. The molecule has 2 aliphatic heterocycles. The molecule has 0 aromatic carbocycles. The molecule has 5 N–H and O–H groups in total. The Kier molecular flexibility index (Phi) is 5.92. The first-order chi connectivity index (χ1) is 15.0. The number of hydrogen-bond donors (Lipinski definition) is 4. The number of ether oxygens (including phenoxy) is 2. The van der Waals surface area contributed by atoms with Crippen LogP contribution in [0.5, 0.6) is 0 Å². The number of nitriles is 1. The summed E-state index contributed by atoms with van der Waals surface area (Å²) in [6.07, 6.45) is -1.28. The Hall–Kier alpha value is -2.98. The Labute approximate surface area is 178 Å². The number of nitrogen functional groups attached to an aromatic ring is 1. The summed E-state index contributed by atoms with van der Waals surface area (Å²) < 4.78 is 12.2. The summed E-state index contributed by atoms with van der Waals surface area (Å²) in [6, 6.07) is 5.05. The van der Waals surface area contributed by atoms with Gasteiger partial charge in [0.05, 0.1) is 5.69 Å². The van der Waals surface area contributed by atoms with Gasteiger partial charge >= 0.3 is 6.09 Å². The SMILES string of the molecule is N#C[C@@]1(c2ccc3c(N)ncnn23)O[C@H](COC(=O)NCCN2CCCC2)[C@@H](O)[C@H]1O. The van der Waals surface area contributed by atoms with E-state index in [2.05, 4.69) is 20.3 Å². The summed E-state index contributed by atoms with van der Waals surface area (Å²) in [4.78, 5) is 18.1. The van der Waals surface area contributed by atoms with Crippen LogP contribution >= 0.6 is 0 Å². The van der Waals surface area contributed by atoms with E-state index >= 15 is 0 Å². The third kappa shape index (κ3) is 3.88. The van der Waals surface area contributed by atoms with Gasteiger partial charge < -0.3 is 35.6 Å². The van der Waals surface area contributed by atoms with Crippen LogP contribution in [0, 0.1) is 11.3 Å². The number of nitrogens with two attached hydrogens (primary N) is 1. The molecule has 0 spiro atoms. The number of carbonyl (C=O) groups excluding carboxylic acids is 1. The van der Waals surface area contributed by atoms with Crippen LogP contribution in [-0.2, 0) is 15.1 Å². The van der Waals surface area contributed by atoms with Crippen LogP contribution in [0.1, 0.15) is 18.5 Å². The zero-order chi connectivity index (χ0) is 22.0. The van der Waals surface area contributed by atoms with Crippen molar-refractivity contribution in [2.24, 2.45) is 0 Å². The lowest BCUT2D eigenvalue weighted by atomic mass is 9.92. The molecule has 2 saturated heterocycles. The number of fused-ring (bicyclic) bond motifs is 1. The van der Waals surface area contributed by atoms with Crippen LogP contribution in [0.15, 0.2) is 18.5 Å². The Morgan fingerprint density at radius 2 is 2.19 bits per heavy atom. The first-order valence-corrected chi connectivity index (χ1v) is 10.1. The standard InChI is InChI=1S/C19H25N7O5/c20-10-19(14-4-3-12-17(21)23-11-24-26(12)14)16(28)15(27)13(31-19)9-30-18(29)22-5-8-25-6-1-2-7-25/h3-4,11,13,15-16,27-28H,1-2,5-9H2,(H,22,29)(H2,21,23,24)/t13-,15-,16-,19+/m1/s1. The monoisotopic (exact) mass is 431 g/mol. The summed E-state index contributed by atoms with van der Waals surface area (Å²) in [7, 11) is 0. The number of anilines is 1. The lowest BCUT2D eigenvalue weighted by Gasteiger charge is -2.24. The van der Waals surface area contributed by atoms with E-state index < -0.39 is 30.0 Å². The number of nitrogens with zero attached hydrogens (tertiary/aromatic N) is 5. The van der Waals surface area contributed by atoms with Gasteiger partial charge in [-0.15, -0.1) is 0 Å². The number of aliphatic hydroxyl groups excluding tert-OH is 2. The van der Waals surface area contributed by atoms with Crippen LogP contribution in [-0.4, -0.2) is 86.9 Å². The van der Waals surface area contributed by atoms with Crippen molar-refractivity contribution in [3.05, 3.63) is 24.2 Å². The molecule has 1 amide bonds. The van der Waals surface area contributed by atoms with E-state index in [0.29, 0.717) is 12.1 Å². The summed E-state index contributed by atoms with van der Waals surface area (Å²) >= 11 is 0. The maximum absolute atomic E-state index is 12.0. The summed E-state index contributed by atoms with van der Waals surface area (Å²) in [5.41, 5.74) is 4.51. The smallest absolute Gasteiger partial charge is 0.407 e.